The third kappa shape index (κ3) is 3.43. The van der Waals surface area contributed by atoms with Gasteiger partial charge in [-0.3, -0.25) is 0 Å². The van der Waals surface area contributed by atoms with Gasteiger partial charge in [0, 0.05) is 0 Å². The molecule has 0 amide bonds. The van der Waals surface area contributed by atoms with Crippen LogP contribution in [0.25, 0.3) is 0 Å². The predicted octanol–water partition coefficient (Wildman–Crippen LogP) is 3.91. The number of aromatic hydroxyl groups is 1. The van der Waals surface area contributed by atoms with E-state index < -0.39 is 0 Å². The van der Waals surface area contributed by atoms with Crippen molar-refractivity contribution in [2.75, 3.05) is 0 Å². The van der Waals surface area contributed by atoms with E-state index >= 15 is 0 Å². The van der Waals surface area contributed by atoms with Gasteiger partial charge in [0.1, 0.15) is 5.75 Å². The minimum atomic E-state index is 0.446. The first-order chi connectivity index (χ1) is 7.15. The van der Waals surface area contributed by atoms with E-state index in [1.807, 2.05) is 13.0 Å². The lowest BCUT2D eigenvalue weighted by Crippen LogP contribution is -1.88. The maximum absolute atomic E-state index is 9.84. The standard InChI is InChI=1S/C14H20O/c1-4-5-6-7-8-13-10-11(2)9-12(3)14(13)15/h6-7,9-10,15H,4-5,8H2,1-3H3/b7-6+. The molecule has 0 aliphatic heterocycles. The molecule has 0 spiro atoms. The van der Waals surface area contributed by atoms with Gasteiger partial charge in [-0.1, -0.05) is 43.2 Å². The van der Waals surface area contributed by atoms with E-state index in [2.05, 4.69) is 32.1 Å². The molecule has 1 rings (SSSR count). The normalized spacial score (nSPS) is 11.1. The molecule has 0 bridgehead atoms. The van der Waals surface area contributed by atoms with Gasteiger partial charge in [-0.2, -0.15) is 0 Å². The Hall–Kier alpha value is -1.24. The summed E-state index contributed by atoms with van der Waals surface area (Å²) in [5.74, 6) is 0.446. The van der Waals surface area contributed by atoms with Crippen LogP contribution in [0, 0.1) is 13.8 Å². The summed E-state index contributed by atoms with van der Waals surface area (Å²) in [6, 6.07) is 4.06. The molecule has 1 aromatic carbocycles. The average Bonchev–Trinajstić information content (AvgIpc) is 2.19. The van der Waals surface area contributed by atoms with Crippen LogP contribution in [-0.4, -0.2) is 5.11 Å². The van der Waals surface area contributed by atoms with Crippen LogP contribution in [0.3, 0.4) is 0 Å². The van der Waals surface area contributed by atoms with Crippen LogP contribution in [-0.2, 0) is 6.42 Å². The summed E-state index contributed by atoms with van der Waals surface area (Å²) in [6.07, 6.45) is 7.43. The number of hydrogen-bond acceptors (Lipinski definition) is 1. The lowest BCUT2D eigenvalue weighted by atomic mass is 10.0. The van der Waals surface area contributed by atoms with E-state index in [1.165, 1.54) is 12.0 Å². The van der Waals surface area contributed by atoms with E-state index in [0.717, 1.165) is 24.0 Å². The Bertz CT molecular complexity index is 351. The SMILES string of the molecule is CCC/C=C/Cc1cc(C)cc(C)c1O. The molecule has 0 saturated carbocycles. The van der Waals surface area contributed by atoms with Crippen molar-refractivity contribution in [2.24, 2.45) is 0 Å². The van der Waals surface area contributed by atoms with Crippen LogP contribution in [0.1, 0.15) is 36.5 Å². The molecule has 0 saturated heterocycles. The molecular formula is C14H20O. The molecule has 0 heterocycles. The number of phenols is 1. The summed E-state index contributed by atoms with van der Waals surface area (Å²) < 4.78 is 0. The smallest absolute Gasteiger partial charge is 0.122 e. The van der Waals surface area contributed by atoms with E-state index in [0.29, 0.717) is 5.75 Å². The van der Waals surface area contributed by atoms with Crippen LogP contribution in [0.4, 0.5) is 0 Å². The van der Waals surface area contributed by atoms with Crippen LogP contribution in [0.2, 0.25) is 0 Å². The first-order valence-corrected chi connectivity index (χ1v) is 5.59. The van der Waals surface area contributed by atoms with Gasteiger partial charge in [0.2, 0.25) is 0 Å². The second kappa shape index (κ2) is 5.59. The molecule has 0 aliphatic rings. The Labute approximate surface area is 92.5 Å². The highest BCUT2D eigenvalue weighted by Gasteiger charge is 2.03. The molecular weight excluding hydrogens is 184 g/mol. The molecule has 0 aliphatic carbocycles. The Morgan fingerprint density at radius 2 is 1.93 bits per heavy atom. The molecule has 0 atom stereocenters. The number of hydrogen-bond donors (Lipinski definition) is 1. The van der Waals surface area contributed by atoms with Gasteiger partial charge in [0.05, 0.1) is 0 Å². The molecule has 15 heavy (non-hydrogen) atoms. The Kier molecular flexibility index (Phi) is 4.41. The summed E-state index contributed by atoms with van der Waals surface area (Å²) in [6.45, 7) is 6.17. The third-order valence-electron chi connectivity index (χ3n) is 2.48. The topological polar surface area (TPSA) is 20.2 Å². The summed E-state index contributed by atoms with van der Waals surface area (Å²) in [7, 11) is 0. The number of aryl methyl sites for hydroxylation is 2. The number of unbranched alkanes of at least 4 members (excludes halogenated alkanes) is 1. The lowest BCUT2D eigenvalue weighted by Gasteiger charge is -2.06. The summed E-state index contributed by atoms with van der Waals surface area (Å²) >= 11 is 0. The first kappa shape index (κ1) is 11.8. The summed E-state index contributed by atoms with van der Waals surface area (Å²) in [5.41, 5.74) is 3.21. The fraction of sp³-hybridized carbons (Fsp3) is 0.429. The molecule has 82 valence electrons. The molecule has 0 fully saturated rings. The van der Waals surface area contributed by atoms with Gasteiger partial charge in [0.25, 0.3) is 0 Å². The van der Waals surface area contributed by atoms with Crippen molar-refractivity contribution in [2.45, 2.75) is 40.0 Å². The van der Waals surface area contributed by atoms with E-state index in [1.54, 1.807) is 0 Å². The van der Waals surface area contributed by atoms with Crippen molar-refractivity contribution >= 4 is 0 Å². The van der Waals surface area contributed by atoms with Gasteiger partial charge in [-0.05, 0) is 37.8 Å². The molecule has 0 radical (unpaired) electrons. The fourth-order valence-corrected chi connectivity index (χ4v) is 1.70. The maximum Gasteiger partial charge on any atom is 0.122 e. The van der Waals surface area contributed by atoms with E-state index in [9.17, 15) is 5.11 Å². The predicted molar refractivity (Wildman–Crippen MR) is 65.3 cm³/mol. The highest BCUT2D eigenvalue weighted by atomic mass is 16.3. The third-order valence-corrected chi connectivity index (χ3v) is 2.48. The van der Waals surface area contributed by atoms with Crippen molar-refractivity contribution in [1.29, 1.82) is 0 Å². The van der Waals surface area contributed by atoms with Crippen molar-refractivity contribution in [3.8, 4) is 5.75 Å². The largest absolute Gasteiger partial charge is 0.507 e. The van der Waals surface area contributed by atoms with Crippen molar-refractivity contribution in [1.82, 2.24) is 0 Å². The molecule has 1 aromatic rings. The van der Waals surface area contributed by atoms with Gasteiger partial charge in [-0.15, -0.1) is 0 Å². The Balaban J connectivity index is 2.76. The second-order valence-electron chi connectivity index (χ2n) is 4.05. The Morgan fingerprint density at radius 3 is 2.60 bits per heavy atom. The summed E-state index contributed by atoms with van der Waals surface area (Å²) in [5, 5.41) is 9.84. The highest BCUT2D eigenvalue weighted by Crippen LogP contribution is 2.24. The van der Waals surface area contributed by atoms with Crippen LogP contribution >= 0.6 is 0 Å². The zero-order valence-corrected chi connectivity index (χ0v) is 9.88. The molecule has 1 heteroatoms. The minimum Gasteiger partial charge on any atom is -0.507 e. The van der Waals surface area contributed by atoms with Crippen molar-refractivity contribution < 1.29 is 5.11 Å². The number of rotatable bonds is 4. The second-order valence-corrected chi connectivity index (χ2v) is 4.05. The van der Waals surface area contributed by atoms with Gasteiger partial charge >= 0.3 is 0 Å². The average molecular weight is 204 g/mol. The van der Waals surface area contributed by atoms with E-state index in [-0.39, 0.29) is 0 Å². The maximum atomic E-state index is 9.84. The zero-order chi connectivity index (χ0) is 11.3. The zero-order valence-electron chi connectivity index (χ0n) is 9.88. The van der Waals surface area contributed by atoms with Crippen molar-refractivity contribution in [3.63, 3.8) is 0 Å². The highest BCUT2D eigenvalue weighted by molar-refractivity contribution is 5.43. The van der Waals surface area contributed by atoms with Crippen molar-refractivity contribution in [3.05, 3.63) is 41.0 Å². The van der Waals surface area contributed by atoms with Crippen LogP contribution in [0.5, 0.6) is 5.75 Å². The van der Waals surface area contributed by atoms with Gasteiger partial charge in [0.15, 0.2) is 0 Å². The Morgan fingerprint density at radius 1 is 1.20 bits per heavy atom. The number of allylic oxidation sites excluding steroid dienone is 2. The lowest BCUT2D eigenvalue weighted by molar-refractivity contribution is 0.465. The van der Waals surface area contributed by atoms with Gasteiger partial charge in [-0.25, -0.2) is 0 Å². The molecule has 0 unspecified atom stereocenters. The molecule has 1 N–H and O–H groups in total. The number of phenolic OH excluding ortho intramolecular Hbond substituents is 1. The minimum absolute atomic E-state index is 0.446. The monoisotopic (exact) mass is 204 g/mol. The van der Waals surface area contributed by atoms with Crippen LogP contribution in [0.15, 0.2) is 24.3 Å². The number of benzene rings is 1. The summed E-state index contributed by atoms with van der Waals surface area (Å²) in [4.78, 5) is 0. The van der Waals surface area contributed by atoms with Crippen LogP contribution < -0.4 is 0 Å². The van der Waals surface area contributed by atoms with Gasteiger partial charge < -0.3 is 5.11 Å². The molecule has 0 aromatic heterocycles. The van der Waals surface area contributed by atoms with E-state index in [4.69, 9.17) is 0 Å². The molecule has 1 nitrogen and oxygen atoms in total. The first-order valence-electron chi connectivity index (χ1n) is 5.59. The quantitative estimate of drug-likeness (QED) is 0.737. The fourth-order valence-electron chi connectivity index (χ4n) is 1.70.